The van der Waals surface area contributed by atoms with Crippen molar-refractivity contribution < 1.29 is 14.1 Å². The molecule has 0 saturated carbocycles. The zero-order chi connectivity index (χ0) is 26.8. The number of benzene rings is 2. The highest BCUT2D eigenvalue weighted by molar-refractivity contribution is 7.12. The topological polar surface area (TPSA) is 42.2 Å². The molecule has 0 bridgehead atoms. The molecule has 1 N–H and O–H groups in total. The molecule has 206 valence electrons. The summed E-state index contributed by atoms with van der Waals surface area (Å²) in [4.78, 5) is 13.0. The number of ether oxygens (including phenoxy) is 1. The van der Waals surface area contributed by atoms with Crippen LogP contribution in [0.5, 0.6) is 5.75 Å². The summed E-state index contributed by atoms with van der Waals surface area (Å²) in [5, 5.41) is 6.37. The first-order valence-corrected chi connectivity index (χ1v) is 15.7. The van der Waals surface area contributed by atoms with Crippen molar-refractivity contribution in [1.82, 2.24) is 0 Å². The van der Waals surface area contributed by atoms with Crippen molar-refractivity contribution in [1.29, 1.82) is 0 Å². The molecule has 38 heavy (non-hydrogen) atoms. The molecule has 1 amide bonds. The van der Waals surface area contributed by atoms with Crippen LogP contribution in [0.1, 0.15) is 96.5 Å². The van der Waals surface area contributed by atoms with Gasteiger partial charge < -0.3 is 10.1 Å². The molecule has 0 radical (unpaired) electrons. The molecule has 0 saturated heterocycles. The highest BCUT2D eigenvalue weighted by Crippen LogP contribution is 2.29. The number of hydrogen-bond donors (Lipinski definition) is 1. The number of rotatable bonds is 19. The third-order valence-electron chi connectivity index (χ3n) is 7.03. The molecule has 2 aromatic carbocycles. The largest absolute Gasteiger partial charge is 0.493 e. The predicted molar refractivity (Wildman–Crippen MR) is 161 cm³/mol. The van der Waals surface area contributed by atoms with Crippen molar-refractivity contribution in [3.63, 3.8) is 0 Å². The standard InChI is InChI=1S/C33H46N2O2S/c1-3-5-6-7-8-9-10-11-12-13-14-19-25-37-31-23-18-15-20-28(31)27-32(36)34-30-22-17-16-21-29(30)33-35(4-2)24-26-38-33/h15-18,20-24,26H,3-14,19,25,27H2,1-2H3/p+1. The predicted octanol–water partition coefficient (Wildman–Crippen LogP) is 8.98. The van der Waals surface area contributed by atoms with E-state index in [1.165, 1.54) is 70.6 Å². The Labute approximate surface area is 234 Å². The Hall–Kier alpha value is -2.66. The van der Waals surface area contributed by atoms with E-state index in [0.717, 1.165) is 40.5 Å². The Balaban J connectivity index is 1.38. The van der Waals surface area contributed by atoms with Crippen molar-refractivity contribution in [2.75, 3.05) is 11.9 Å². The molecular formula is C33H47N2O2S+. The van der Waals surface area contributed by atoms with E-state index in [4.69, 9.17) is 4.74 Å². The fraction of sp³-hybridized carbons (Fsp3) is 0.515. The minimum Gasteiger partial charge on any atom is -0.493 e. The summed E-state index contributed by atoms with van der Waals surface area (Å²) in [6.45, 7) is 6.00. The maximum Gasteiger partial charge on any atom is 0.271 e. The Morgan fingerprint density at radius 2 is 1.45 bits per heavy atom. The lowest BCUT2D eigenvalue weighted by atomic mass is 10.1. The van der Waals surface area contributed by atoms with Crippen LogP contribution >= 0.6 is 11.3 Å². The molecule has 0 unspecified atom stereocenters. The van der Waals surface area contributed by atoms with Gasteiger partial charge in [-0.2, -0.15) is 4.57 Å². The van der Waals surface area contributed by atoms with Gasteiger partial charge in [0.1, 0.15) is 12.3 Å². The maximum absolute atomic E-state index is 13.0. The summed E-state index contributed by atoms with van der Waals surface area (Å²) in [6.07, 6.45) is 18.3. The molecule has 0 atom stereocenters. The van der Waals surface area contributed by atoms with Gasteiger partial charge in [0, 0.05) is 5.56 Å². The molecule has 3 rings (SSSR count). The van der Waals surface area contributed by atoms with Crippen LogP contribution in [-0.4, -0.2) is 12.5 Å². The second-order valence-electron chi connectivity index (χ2n) is 10.1. The number of nitrogens with one attached hydrogen (secondary N) is 1. The first-order valence-electron chi connectivity index (χ1n) is 14.8. The van der Waals surface area contributed by atoms with E-state index in [0.29, 0.717) is 13.0 Å². The molecule has 1 aromatic heterocycles. The molecular weight excluding hydrogens is 488 g/mol. The zero-order valence-corrected chi connectivity index (χ0v) is 24.4. The number of nitrogens with zero attached hydrogens (tertiary/aromatic N) is 1. The van der Waals surface area contributed by atoms with Crippen molar-refractivity contribution in [3.05, 3.63) is 65.7 Å². The molecule has 4 nitrogen and oxygen atoms in total. The van der Waals surface area contributed by atoms with Crippen molar-refractivity contribution in [3.8, 4) is 16.3 Å². The summed E-state index contributed by atoms with van der Waals surface area (Å²) >= 11 is 1.69. The molecule has 0 aliphatic rings. The average molecular weight is 536 g/mol. The highest BCUT2D eigenvalue weighted by atomic mass is 32.1. The lowest BCUT2D eigenvalue weighted by Gasteiger charge is -2.13. The molecule has 1 heterocycles. The third kappa shape index (κ3) is 10.2. The number of carbonyl (C=O) groups is 1. The quantitative estimate of drug-likeness (QED) is 0.123. The van der Waals surface area contributed by atoms with Gasteiger partial charge in [-0.3, -0.25) is 4.79 Å². The normalized spacial score (nSPS) is 11.0. The lowest BCUT2D eigenvalue weighted by molar-refractivity contribution is -0.678. The molecule has 0 aliphatic heterocycles. The van der Waals surface area contributed by atoms with Crippen LogP contribution in [0, 0.1) is 0 Å². The number of thiazole rings is 1. The fourth-order valence-corrected chi connectivity index (χ4v) is 5.80. The minimum absolute atomic E-state index is 0.0292. The number of hydrogen-bond acceptors (Lipinski definition) is 3. The van der Waals surface area contributed by atoms with E-state index in [1.54, 1.807) is 11.3 Å². The number of anilines is 1. The number of carbonyl (C=O) groups excluding carboxylic acids is 1. The van der Waals surface area contributed by atoms with Gasteiger partial charge in [0.05, 0.1) is 29.7 Å². The van der Waals surface area contributed by atoms with Crippen LogP contribution in [0.25, 0.3) is 10.6 Å². The first-order chi connectivity index (χ1) is 18.7. The van der Waals surface area contributed by atoms with Gasteiger partial charge in [-0.25, -0.2) is 0 Å². The summed E-state index contributed by atoms with van der Waals surface area (Å²) in [6, 6.07) is 16.0. The van der Waals surface area contributed by atoms with Crippen LogP contribution in [0.4, 0.5) is 5.69 Å². The van der Waals surface area contributed by atoms with E-state index >= 15 is 0 Å². The molecule has 5 heteroatoms. The van der Waals surface area contributed by atoms with Gasteiger partial charge in [-0.1, -0.05) is 119 Å². The second kappa shape index (κ2) is 17.8. The van der Waals surface area contributed by atoms with Gasteiger partial charge in [0.15, 0.2) is 6.20 Å². The smallest absolute Gasteiger partial charge is 0.271 e. The van der Waals surface area contributed by atoms with Gasteiger partial charge >= 0.3 is 0 Å². The number of aryl methyl sites for hydroxylation is 1. The summed E-state index contributed by atoms with van der Waals surface area (Å²) in [5.41, 5.74) is 2.83. The SMILES string of the molecule is CCCCCCCCCCCCCCOc1ccccc1CC(=O)Nc1ccccc1-c1scc[n+]1CC. The summed E-state index contributed by atoms with van der Waals surface area (Å²) < 4.78 is 8.31. The van der Waals surface area contributed by atoms with Crippen LogP contribution in [-0.2, 0) is 17.8 Å². The van der Waals surface area contributed by atoms with Crippen molar-refractivity contribution in [2.45, 2.75) is 104 Å². The van der Waals surface area contributed by atoms with Crippen molar-refractivity contribution in [2.24, 2.45) is 0 Å². The van der Waals surface area contributed by atoms with Crippen LogP contribution < -0.4 is 14.6 Å². The number of unbranched alkanes of at least 4 members (excludes halogenated alkanes) is 11. The Bertz CT molecular complexity index is 1080. The van der Waals surface area contributed by atoms with Crippen LogP contribution in [0.3, 0.4) is 0 Å². The lowest BCUT2D eigenvalue weighted by Crippen LogP contribution is -2.31. The highest BCUT2D eigenvalue weighted by Gasteiger charge is 2.18. The van der Waals surface area contributed by atoms with Crippen LogP contribution in [0.2, 0.25) is 0 Å². The van der Waals surface area contributed by atoms with Gasteiger partial charge in [0.2, 0.25) is 5.91 Å². The van der Waals surface area contributed by atoms with E-state index in [2.05, 4.69) is 41.4 Å². The summed E-state index contributed by atoms with van der Waals surface area (Å²) in [5.74, 6) is 0.791. The Morgan fingerprint density at radius 3 is 2.16 bits per heavy atom. The first kappa shape index (κ1) is 29.9. The number of para-hydroxylation sites is 2. The van der Waals surface area contributed by atoms with E-state index in [9.17, 15) is 4.79 Å². The monoisotopic (exact) mass is 535 g/mol. The fourth-order valence-electron chi connectivity index (χ4n) is 4.83. The second-order valence-corrected chi connectivity index (χ2v) is 11.0. The Morgan fingerprint density at radius 1 is 0.816 bits per heavy atom. The Kier molecular flexibility index (Phi) is 14.0. The number of amides is 1. The van der Waals surface area contributed by atoms with E-state index in [1.807, 2.05) is 42.5 Å². The van der Waals surface area contributed by atoms with Gasteiger partial charge in [0.25, 0.3) is 5.01 Å². The zero-order valence-electron chi connectivity index (χ0n) is 23.6. The van der Waals surface area contributed by atoms with E-state index in [-0.39, 0.29) is 5.91 Å². The van der Waals surface area contributed by atoms with Gasteiger partial charge in [-0.05, 0) is 31.5 Å². The van der Waals surface area contributed by atoms with E-state index < -0.39 is 0 Å². The van der Waals surface area contributed by atoms with Crippen LogP contribution in [0.15, 0.2) is 60.1 Å². The molecule has 0 aliphatic carbocycles. The third-order valence-corrected chi connectivity index (χ3v) is 7.97. The molecule has 0 fully saturated rings. The van der Waals surface area contributed by atoms with Crippen molar-refractivity contribution >= 4 is 22.9 Å². The van der Waals surface area contributed by atoms with Gasteiger partial charge in [-0.15, -0.1) is 0 Å². The molecule has 3 aromatic rings. The minimum atomic E-state index is -0.0292. The molecule has 0 spiro atoms. The number of aromatic nitrogens is 1. The maximum atomic E-state index is 13.0. The average Bonchev–Trinajstić information content (AvgIpc) is 3.41. The summed E-state index contributed by atoms with van der Waals surface area (Å²) in [7, 11) is 0.